The van der Waals surface area contributed by atoms with Crippen molar-refractivity contribution < 1.29 is 14.4 Å². The van der Waals surface area contributed by atoms with E-state index in [9.17, 15) is 14.4 Å². The number of amides is 3. The molecule has 3 rings (SSSR count). The van der Waals surface area contributed by atoms with E-state index in [4.69, 9.17) is 5.73 Å². The lowest BCUT2D eigenvalue weighted by atomic mass is 10.2. The SMILES string of the molecule is CC(=O)Nc1ccc(NC(=O)CC2N=C(/N=C(\N)Nc3ccccc3C)NC2=O)cc1. The molecule has 3 amide bonds. The van der Waals surface area contributed by atoms with Gasteiger partial charge in [-0.1, -0.05) is 18.2 Å². The maximum absolute atomic E-state index is 12.3. The first-order valence-electron chi connectivity index (χ1n) is 9.53. The Labute approximate surface area is 179 Å². The fourth-order valence-corrected chi connectivity index (χ4v) is 2.85. The van der Waals surface area contributed by atoms with Crippen molar-refractivity contribution in [3.05, 3.63) is 54.1 Å². The van der Waals surface area contributed by atoms with Gasteiger partial charge in [0, 0.05) is 24.0 Å². The first kappa shape index (κ1) is 21.5. The van der Waals surface area contributed by atoms with E-state index in [1.54, 1.807) is 24.3 Å². The zero-order valence-electron chi connectivity index (χ0n) is 17.1. The Balaban J connectivity index is 1.57. The number of rotatable bonds is 5. The molecule has 2 aromatic rings. The van der Waals surface area contributed by atoms with E-state index in [0.717, 1.165) is 11.3 Å². The minimum absolute atomic E-state index is 0.0426. The second kappa shape index (κ2) is 9.53. The molecule has 6 N–H and O–H groups in total. The van der Waals surface area contributed by atoms with Crippen molar-refractivity contribution in [3.63, 3.8) is 0 Å². The number of guanidine groups is 2. The Morgan fingerprint density at radius 3 is 2.35 bits per heavy atom. The zero-order chi connectivity index (χ0) is 22.4. The molecule has 0 saturated heterocycles. The van der Waals surface area contributed by atoms with Crippen LogP contribution < -0.4 is 27.0 Å². The van der Waals surface area contributed by atoms with Crippen molar-refractivity contribution >= 4 is 46.7 Å². The van der Waals surface area contributed by atoms with E-state index in [0.29, 0.717) is 11.4 Å². The molecular weight excluding hydrogens is 398 g/mol. The van der Waals surface area contributed by atoms with Gasteiger partial charge in [0.25, 0.3) is 5.91 Å². The lowest BCUT2D eigenvalue weighted by Crippen LogP contribution is -2.32. The molecule has 0 aliphatic carbocycles. The number of carbonyl (C=O) groups excluding carboxylic acids is 3. The van der Waals surface area contributed by atoms with Crippen LogP contribution in [0.15, 0.2) is 58.5 Å². The zero-order valence-corrected chi connectivity index (χ0v) is 17.1. The number of benzene rings is 2. The number of anilines is 3. The van der Waals surface area contributed by atoms with Gasteiger partial charge in [0.1, 0.15) is 6.04 Å². The number of nitrogens with zero attached hydrogens (tertiary/aromatic N) is 2. The number of nitrogens with two attached hydrogens (primary N) is 1. The van der Waals surface area contributed by atoms with Crippen LogP contribution in [0.4, 0.5) is 17.1 Å². The van der Waals surface area contributed by atoms with Gasteiger partial charge in [-0.25, -0.2) is 4.99 Å². The van der Waals surface area contributed by atoms with Crippen molar-refractivity contribution in [2.24, 2.45) is 15.7 Å². The summed E-state index contributed by atoms with van der Waals surface area (Å²) in [6.07, 6.45) is -0.149. The van der Waals surface area contributed by atoms with E-state index in [2.05, 4.69) is 31.3 Å². The summed E-state index contributed by atoms with van der Waals surface area (Å²) in [7, 11) is 0. The van der Waals surface area contributed by atoms with E-state index in [1.165, 1.54) is 6.92 Å². The number of nitrogens with one attached hydrogen (secondary N) is 4. The van der Waals surface area contributed by atoms with Crippen molar-refractivity contribution in [1.29, 1.82) is 0 Å². The summed E-state index contributed by atoms with van der Waals surface area (Å²) in [5.74, 6) is -0.889. The molecule has 1 unspecified atom stereocenters. The number of hydrogen-bond donors (Lipinski definition) is 5. The highest BCUT2D eigenvalue weighted by molar-refractivity contribution is 6.11. The molecule has 10 nitrogen and oxygen atoms in total. The van der Waals surface area contributed by atoms with Crippen LogP contribution in [0, 0.1) is 6.92 Å². The summed E-state index contributed by atoms with van der Waals surface area (Å²) in [4.78, 5) is 43.7. The summed E-state index contributed by atoms with van der Waals surface area (Å²) in [6.45, 7) is 3.33. The summed E-state index contributed by atoms with van der Waals surface area (Å²) in [5, 5.41) is 10.8. The Bertz CT molecular complexity index is 1060. The average Bonchev–Trinajstić information content (AvgIpc) is 3.03. The summed E-state index contributed by atoms with van der Waals surface area (Å²) in [5.41, 5.74) is 8.81. The molecule has 0 aromatic heterocycles. The molecule has 1 heterocycles. The Morgan fingerprint density at radius 2 is 1.71 bits per heavy atom. The monoisotopic (exact) mass is 421 g/mol. The molecule has 1 atom stereocenters. The highest BCUT2D eigenvalue weighted by Gasteiger charge is 2.28. The van der Waals surface area contributed by atoms with E-state index in [-0.39, 0.29) is 30.2 Å². The van der Waals surface area contributed by atoms with Crippen LogP contribution in [0.2, 0.25) is 0 Å². The Kier molecular flexibility index (Phi) is 6.61. The summed E-state index contributed by atoms with van der Waals surface area (Å²) >= 11 is 0. The minimum Gasteiger partial charge on any atom is -0.369 e. The normalized spacial score (nSPS) is 15.7. The molecule has 0 spiro atoms. The second-order valence-electron chi connectivity index (χ2n) is 6.91. The molecule has 10 heteroatoms. The Hall–Kier alpha value is -4.21. The predicted octanol–water partition coefficient (Wildman–Crippen LogP) is 1.56. The third-order valence-corrected chi connectivity index (χ3v) is 4.32. The van der Waals surface area contributed by atoms with Crippen molar-refractivity contribution in [1.82, 2.24) is 5.32 Å². The molecule has 2 aromatic carbocycles. The second-order valence-corrected chi connectivity index (χ2v) is 6.91. The van der Waals surface area contributed by atoms with Gasteiger partial charge in [-0.3, -0.25) is 19.7 Å². The van der Waals surface area contributed by atoms with Crippen molar-refractivity contribution in [3.8, 4) is 0 Å². The highest BCUT2D eigenvalue weighted by Crippen LogP contribution is 2.15. The van der Waals surface area contributed by atoms with Crippen LogP contribution in [0.1, 0.15) is 18.9 Å². The van der Waals surface area contributed by atoms with Gasteiger partial charge in [-0.15, -0.1) is 0 Å². The molecular formula is C21H23N7O3. The van der Waals surface area contributed by atoms with Gasteiger partial charge < -0.3 is 21.7 Å². The van der Waals surface area contributed by atoms with Crippen molar-refractivity contribution in [2.45, 2.75) is 26.3 Å². The topological polar surface area (TPSA) is 150 Å². The quantitative estimate of drug-likeness (QED) is 0.367. The van der Waals surface area contributed by atoms with Crippen LogP contribution >= 0.6 is 0 Å². The van der Waals surface area contributed by atoms with Gasteiger partial charge in [-0.05, 0) is 42.8 Å². The standard InChI is InChI=1S/C21H23N7O3/c1-12-5-3-4-6-16(12)25-20(22)28-21-26-17(19(31)27-21)11-18(30)24-15-9-7-14(8-10-15)23-13(2)29/h3-10,17H,11H2,1-2H3,(H,23,29)(H,24,30)(H4,22,25,26,27,28,31). The molecule has 0 bridgehead atoms. The number of aliphatic imine (C=N–C) groups is 2. The Morgan fingerprint density at radius 1 is 1.06 bits per heavy atom. The third-order valence-electron chi connectivity index (χ3n) is 4.32. The molecule has 160 valence electrons. The number of hydrogen-bond acceptors (Lipinski definition) is 5. The number of carbonyl (C=O) groups is 3. The first-order chi connectivity index (χ1) is 14.8. The highest BCUT2D eigenvalue weighted by atomic mass is 16.2. The minimum atomic E-state index is -0.899. The third kappa shape index (κ3) is 6.13. The van der Waals surface area contributed by atoms with Crippen LogP contribution in [0.3, 0.4) is 0 Å². The largest absolute Gasteiger partial charge is 0.369 e. The first-order valence-corrected chi connectivity index (χ1v) is 9.53. The average molecular weight is 421 g/mol. The number of para-hydroxylation sites is 1. The molecule has 1 aliphatic heterocycles. The van der Waals surface area contributed by atoms with Gasteiger partial charge in [0.2, 0.25) is 23.7 Å². The van der Waals surface area contributed by atoms with Crippen LogP contribution in [0.5, 0.6) is 0 Å². The summed E-state index contributed by atoms with van der Waals surface area (Å²) in [6, 6.07) is 13.3. The number of aryl methyl sites for hydroxylation is 1. The van der Waals surface area contributed by atoms with Gasteiger partial charge in [-0.2, -0.15) is 4.99 Å². The van der Waals surface area contributed by atoms with E-state index in [1.807, 2.05) is 31.2 Å². The van der Waals surface area contributed by atoms with Gasteiger partial charge in [0.05, 0.1) is 6.42 Å². The fourth-order valence-electron chi connectivity index (χ4n) is 2.85. The van der Waals surface area contributed by atoms with Crippen LogP contribution in [0.25, 0.3) is 0 Å². The molecule has 31 heavy (non-hydrogen) atoms. The van der Waals surface area contributed by atoms with Gasteiger partial charge in [0.15, 0.2) is 0 Å². The lowest BCUT2D eigenvalue weighted by Gasteiger charge is -2.08. The molecule has 0 radical (unpaired) electrons. The van der Waals surface area contributed by atoms with Crippen LogP contribution in [-0.2, 0) is 14.4 Å². The predicted molar refractivity (Wildman–Crippen MR) is 120 cm³/mol. The smallest absolute Gasteiger partial charge is 0.252 e. The van der Waals surface area contributed by atoms with E-state index >= 15 is 0 Å². The maximum Gasteiger partial charge on any atom is 0.252 e. The van der Waals surface area contributed by atoms with E-state index < -0.39 is 11.9 Å². The van der Waals surface area contributed by atoms with Crippen LogP contribution in [-0.4, -0.2) is 35.7 Å². The van der Waals surface area contributed by atoms with Crippen molar-refractivity contribution in [2.75, 3.05) is 16.0 Å². The fraction of sp³-hybridized carbons (Fsp3) is 0.190. The molecule has 0 saturated carbocycles. The summed E-state index contributed by atoms with van der Waals surface area (Å²) < 4.78 is 0. The molecule has 0 fully saturated rings. The van der Waals surface area contributed by atoms with Gasteiger partial charge >= 0.3 is 0 Å². The maximum atomic E-state index is 12.3. The molecule has 1 aliphatic rings. The lowest BCUT2D eigenvalue weighted by molar-refractivity contribution is -0.123.